The second-order valence-corrected chi connectivity index (χ2v) is 6.00. The maximum absolute atomic E-state index is 12.3. The van der Waals surface area contributed by atoms with Crippen molar-refractivity contribution in [2.24, 2.45) is 0 Å². The number of fused-ring (bicyclic) bond motifs is 3. The number of ether oxygens (including phenoxy) is 1. The van der Waals surface area contributed by atoms with Gasteiger partial charge in [-0.05, 0) is 35.9 Å². The molecule has 0 radical (unpaired) electrons. The second-order valence-electron chi connectivity index (χ2n) is 6.00. The Hall–Kier alpha value is -3.49. The van der Waals surface area contributed by atoms with Crippen molar-refractivity contribution in [3.63, 3.8) is 0 Å². The molecular weight excluding hydrogens is 359 g/mol. The first-order valence-electron chi connectivity index (χ1n) is 7.95. The van der Waals surface area contributed by atoms with Gasteiger partial charge in [0.25, 0.3) is 0 Å². The first-order valence-corrected chi connectivity index (χ1v) is 7.95. The Morgan fingerprint density at radius 2 is 1.67 bits per heavy atom. The van der Waals surface area contributed by atoms with Gasteiger partial charge in [0.15, 0.2) is 0 Å². The number of halogens is 3. The van der Waals surface area contributed by atoms with Gasteiger partial charge in [-0.3, -0.25) is 0 Å². The summed E-state index contributed by atoms with van der Waals surface area (Å²) in [5, 5.41) is 1.58. The van der Waals surface area contributed by atoms with Crippen LogP contribution in [-0.4, -0.2) is 20.9 Å². The van der Waals surface area contributed by atoms with Crippen molar-refractivity contribution in [1.29, 1.82) is 0 Å². The Morgan fingerprint density at radius 3 is 2.37 bits per heavy atom. The standard InChI is InChI=1S/C18H14F3N5O/c19-18(20,21)27-11-3-1-10(2-4-11)9-26-8-7-12-14(26)6-5-13-15(12)24-17(23)25-16(13)22/h1-8H,9H2,(H4,22,23,24,25). The minimum absolute atomic E-state index is 0.0977. The van der Waals surface area contributed by atoms with Crippen LogP contribution in [0.5, 0.6) is 5.75 Å². The fourth-order valence-corrected chi connectivity index (χ4v) is 3.04. The summed E-state index contributed by atoms with van der Waals surface area (Å²) >= 11 is 0. The van der Waals surface area contributed by atoms with Crippen molar-refractivity contribution in [3.05, 3.63) is 54.2 Å². The van der Waals surface area contributed by atoms with Gasteiger partial charge in [-0.2, -0.15) is 4.98 Å². The van der Waals surface area contributed by atoms with Crippen LogP contribution in [0.4, 0.5) is 24.9 Å². The van der Waals surface area contributed by atoms with E-state index in [1.807, 2.05) is 29.0 Å². The summed E-state index contributed by atoms with van der Waals surface area (Å²) in [5.74, 6) is 0.158. The third kappa shape index (κ3) is 3.31. The number of hydrogen-bond acceptors (Lipinski definition) is 5. The molecule has 2 aromatic carbocycles. The van der Waals surface area contributed by atoms with Crippen LogP contribution in [0.15, 0.2) is 48.7 Å². The Kier molecular flexibility index (Phi) is 3.79. The number of nitrogen functional groups attached to an aromatic ring is 2. The highest BCUT2D eigenvalue weighted by molar-refractivity contribution is 6.07. The quantitative estimate of drug-likeness (QED) is 0.571. The lowest BCUT2D eigenvalue weighted by molar-refractivity contribution is -0.274. The Labute approximate surface area is 151 Å². The molecule has 0 fully saturated rings. The molecule has 2 heterocycles. The van der Waals surface area contributed by atoms with Crippen molar-refractivity contribution < 1.29 is 17.9 Å². The number of aromatic nitrogens is 3. The molecule has 138 valence electrons. The zero-order valence-electron chi connectivity index (χ0n) is 13.9. The Balaban J connectivity index is 1.68. The first-order chi connectivity index (χ1) is 12.8. The van der Waals surface area contributed by atoms with Gasteiger partial charge in [-0.25, -0.2) is 4.98 Å². The average Bonchev–Trinajstić information content (AvgIpc) is 2.98. The molecule has 0 bridgehead atoms. The molecule has 0 aliphatic rings. The third-order valence-electron chi connectivity index (χ3n) is 4.17. The largest absolute Gasteiger partial charge is 0.573 e. The lowest BCUT2D eigenvalue weighted by atomic mass is 10.1. The monoisotopic (exact) mass is 373 g/mol. The summed E-state index contributed by atoms with van der Waals surface area (Å²) in [4.78, 5) is 8.24. The topological polar surface area (TPSA) is 92.0 Å². The van der Waals surface area contributed by atoms with E-state index < -0.39 is 6.36 Å². The zero-order chi connectivity index (χ0) is 19.2. The maximum atomic E-state index is 12.3. The molecule has 2 aromatic heterocycles. The predicted molar refractivity (Wildman–Crippen MR) is 96.1 cm³/mol. The molecule has 4 aromatic rings. The van der Waals surface area contributed by atoms with Crippen LogP contribution in [0, 0.1) is 0 Å². The molecule has 0 spiro atoms. The van der Waals surface area contributed by atoms with E-state index in [9.17, 15) is 13.2 Å². The van der Waals surface area contributed by atoms with E-state index in [1.54, 1.807) is 12.1 Å². The molecule has 0 amide bonds. The molecule has 4 rings (SSSR count). The van der Waals surface area contributed by atoms with Gasteiger partial charge in [0.2, 0.25) is 5.95 Å². The number of alkyl halides is 3. The van der Waals surface area contributed by atoms with Crippen molar-refractivity contribution >= 4 is 33.6 Å². The molecule has 0 aliphatic carbocycles. The molecule has 0 atom stereocenters. The summed E-state index contributed by atoms with van der Waals surface area (Å²) < 4.78 is 42.6. The van der Waals surface area contributed by atoms with Crippen molar-refractivity contribution in [2.75, 3.05) is 11.5 Å². The second kappa shape index (κ2) is 6.04. The number of nitrogens with zero attached hydrogens (tertiary/aromatic N) is 3. The predicted octanol–water partition coefficient (Wildman–Crippen LogP) is 3.70. The van der Waals surface area contributed by atoms with Crippen molar-refractivity contribution in [2.45, 2.75) is 12.9 Å². The van der Waals surface area contributed by atoms with E-state index in [0.717, 1.165) is 16.5 Å². The van der Waals surface area contributed by atoms with Crippen LogP contribution in [-0.2, 0) is 6.54 Å². The van der Waals surface area contributed by atoms with E-state index in [-0.39, 0.29) is 11.7 Å². The Morgan fingerprint density at radius 1 is 0.926 bits per heavy atom. The van der Waals surface area contributed by atoms with Gasteiger partial charge < -0.3 is 20.8 Å². The van der Waals surface area contributed by atoms with Crippen LogP contribution < -0.4 is 16.2 Å². The van der Waals surface area contributed by atoms with E-state index in [1.165, 1.54) is 12.1 Å². The number of hydrogen-bond donors (Lipinski definition) is 2. The summed E-state index contributed by atoms with van der Waals surface area (Å²) in [6.45, 7) is 0.470. The number of rotatable bonds is 3. The van der Waals surface area contributed by atoms with Gasteiger partial charge in [0.05, 0.1) is 11.0 Å². The molecular formula is C18H14F3N5O. The van der Waals surface area contributed by atoms with Crippen LogP contribution in [0.3, 0.4) is 0 Å². The van der Waals surface area contributed by atoms with Crippen LogP contribution >= 0.6 is 0 Å². The lowest BCUT2D eigenvalue weighted by Crippen LogP contribution is -2.17. The smallest absolute Gasteiger partial charge is 0.406 e. The van der Waals surface area contributed by atoms with Gasteiger partial charge in [0.1, 0.15) is 11.6 Å². The zero-order valence-corrected chi connectivity index (χ0v) is 13.9. The van der Waals surface area contributed by atoms with Crippen LogP contribution in [0.1, 0.15) is 5.56 Å². The molecule has 27 heavy (non-hydrogen) atoms. The third-order valence-corrected chi connectivity index (χ3v) is 4.17. The van der Waals surface area contributed by atoms with Crippen LogP contribution in [0.25, 0.3) is 21.8 Å². The SMILES string of the molecule is Nc1nc(N)c2ccc3c(ccn3Cc3ccc(OC(F)(F)F)cc3)c2n1. The average molecular weight is 373 g/mol. The summed E-state index contributed by atoms with van der Waals surface area (Å²) in [6, 6.07) is 11.4. The molecule has 0 saturated carbocycles. The van der Waals surface area contributed by atoms with Crippen molar-refractivity contribution in [3.8, 4) is 5.75 Å². The highest BCUT2D eigenvalue weighted by Crippen LogP contribution is 2.29. The number of anilines is 2. The number of nitrogens with two attached hydrogens (primary N) is 2. The van der Waals surface area contributed by atoms with Crippen molar-refractivity contribution in [1.82, 2.24) is 14.5 Å². The fraction of sp³-hybridized carbons (Fsp3) is 0.111. The van der Waals surface area contributed by atoms with Gasteiger partial charge in [-0.15, -0.1) is 13.2 Å². The Bertz CT molecular complexity index is 1140. The van der Waals surface area contributed by atoms with Gasteiger partial charge in [0, 0.05) is 23.5 Å². The lowest BCUT2D eigenvalue weighted by Gasteiger charge is -2.10. The van der Waals surface area contributed by atoms with E-state index in [0.29, 0.717) is 23.3 Å². The fourth-order valence-electron chi connectivity index (χ4n) is 3.04. The maximum Gasteiger partial charge on any atom is 0.573 e. The molecule has 9 heteroatoms. The normalized spacial score (nSPS) is 12.0. The van der Waals surface area contributed by atoms with Gasteiger partial charge >= 0.3 is 6.36 Å². The summed E-state index contributed by atoms with van der Waals surface area (Å²) in [6.07, 6.45) is -2.83. The molecule has 4 N–H and O–H groups in total. The van der Waals surface area contributed by atoms with E-state index in [2.05, 4.69) is 14.7 Å². The molecule has 6 nitrogen and oxygen atoms in total. The number of benzene rings is 2. The summed E-state index contributed by atoms with van der Waals surface area (Å²) in [7, 11) is 0. The van der Waals surface area contributed by atoms with Crippen LogP contribution in [0.2, 0.25) is 0 Å². The highest BCUT2D eigenvalue weighted by Gasteiger charge is 2.30. The minimum Gasteiger partial charge on any atom is -0.406 e. The van der Waals surface area contributed by atoms with E-state index >= 15 is 0 Å². The highest BCUT2D eigenvalue weighted by atomic mass is 19.4. The minimum atomic E-state index is -4.70. The molecule has 0 aliphatic heterocycles. The van der Waals surface area contributed by atoms with Gasteiger partial charge in [-0.1, -0.05) is 12.1 Å². The molecule has 0 unspecified atom stereocenters. The molecule has 0 saturated heterocycles. The van der Waals surface area contributed by atoms with E-state index in [4.69, 9.17) is 11.5 Å². The first kappa shape index (κ1) is 17.0. The summed E-state index contributed by atoms with van der Waals surface area (Å²) in [5.41, 5.74) is 14.0.